The van der Waals surface area contributed by atoms with Gasteiger partial charge in [-0.1, -0.05) is 6.07 Å². The van der Waals surface area contributed by atoms with E-state index in [4.69, 9.17) is 5.11 Å². The zero-order valence-corrected chi connectivity index (χ0v) is 10.1. The van der Waals surface area contributed by atoms with Crippen LogP contribution in [0.15, 0.2) is 24.3 Å². The Hall–Kier alpha value is -2.77. The summed E-state index contributed by atoms with van der Waals surface area (Å²) in [5.41, 5.74) is 0.526. The van der Waals surface area contributed by atoms with Gasteiger partial charge in [0.25, 0.3) is 0 Å². The molecule has 1 heterocycles. The molecule has 8 nitrogen and oxygen atoms in total. The van der Waals surface area contributed by atoms with Crippen molar-refractivity contribution in [2.24, 2.45) is 7.05 Å². The van der Waals surface area contributed by atoms with Gasteiger partial charge in [-0.05, 0) is 28.6 Å². The maximum atomic E-state index is 11.7. The molecule has 0 aliphatic heterocycles. The number of nitrogens with one attached hydrogen (secondary N) is 1. The van der Waals surface area contributed by atoms with Gasteiger partial charge in [0.1, 0.15) is 0 Å². The number of amides is 1. The highest BCUT2D eigenvalue weighted by Gasteiger charge is 2.10. The van der Waals surface area contributed by atoms with E-state index < -0.39 is 5.97 Å². The van der Waals surface area contributed by atoms with Gasteiger partial charge in [-0.3, -0.25) is 4.79 Å². The van der Waals surface area contributed by atoms with E-state index in [0.717, 1.165) is 0 Å². The summed E-state index contributed by atoms with van der Waals surface area (Å²) >= 11 is 0. The van der Waals surface area contributed by atoms with E-state index in [2.05, 4.69) is 20.8 Å². The second kappa shape index (κ2) is 5.25. The molecule has 0 atom stereocenters. The number of carbonyl (C=O) groups is 2. The molecule has 0 unspecified atom stereocenters. The molecule has 0 aliphatic carbocycles. The van der Waals surface area contributed by atoms with Crippen LogP contribution in [0.3, 0.4) is 0 Å². The standard InChI is InChI=1S/C11H11N5O3/c1-16-9(13-14-15-16)6-10(17)12-8-4-2-3-7(5-8)11(18)19/h2-5H,6H2,1H3,(H,12,17)(H,18,19). The maximum Gasteiger partial charge on any atom is 0.335 e. The third kappa shape index (κ3) is 3.12. The lowest BCUT2D eigenvalue weighted by Gasteiger charge is -2.05. The summed E-state index contributed by atoms with van der Waals surface area (Å²) < 4.78 is 1.40. The Morgan fingerprint density at radius 2 is 2.21 bits per heavy atom. The van der Waals surface area contributed by atoms with Crippen molar-refractivity contribution in [1.82, 2.24) is 20.2 Å². The molecule has 2 aromatic rings. The highest BCUT2D eigenvalue weighted by molar-refractivity contribution is 5.94. The van der Waals surface area contributed by atoms with Crippen molar-refractivity contribution in [3.63, 3.8) is 0 Å². The molecule has 1 amide bonds. The van der Waals surface area contributed by atoms with Crippen molar-refractivity contribution in [3.8, 4) is 0 Å². The number of tetrazole rings is 1. The first-order chi connectivity index (χ1) is 9.06. The number of benzene rings is 1. The molecule has 19 heavy (non-hydrogen) atoms. The van der Waals surface area contributed by atoms with Gasteiger partial charge in [0.15, 0.2) is 5.82 Å². The number of aromatic carboxylic acids is 1. The minimum absolute atomic E-state index is 0.0147. The number of aromatic nitrogens is 4. The molecule has 0 aliphatic rings. The van der Waals surface area contributed by atoms with Crippen LogP contribution in [0.4, 0.5) is 5.69 Å². The van der Waals surface area contributed by atoms with Crippen LogP contribution >= 0.6 is 0 Å². The van der Waals surface area contributed by atoms with E-state index in [1.165, 1.54) is 16.8 Å². The number of nitrogens with zero attached hydrogens (tertiary/aromatic N) is 4. The molecule has 8 heteroatoms. The number of carbonyl (C=O) groups excluding carboxylic acids is 1. The van der Waals surface area contributed by atoms with E-state index in [-0.39, 0.29) is 17.9 Å². The summed E-state index contributed by atoms with van der Waals surface area (Å²) in [4.78, 5) is 22.5. The first-order valence-electron chi connectivity index (χ1n) is 5.40. The Morgan fingerprint density at radius 1 is 1.42 bits per heavy atom. The predicted molar refractivity (Wildman–Crippen MR) is 64.5 cm³/mol. The highest BCUT2D eigenvalue weighted by atomic mass is 16.4. The Morgan fingerprint density at radius 3 is 2.84 bits per heavy atom. The van der Waals surface area contributed by atoms with Crippen LogP contribution in [0.5, 0.6) is 0 Å². The lowest BCUT2D eigenvalue weighted by atomic mass is 10.2. The fourth-order valence-electron chi connectivity index (χ4n) is 1.48. The first kappa shape index (κ1) is 12.7. The van der Waals surface area contributed by atoms with E-state index in [1.54, 1.807) is 19.2 Å². The summed E-state index contributed by atoms with van der Waals surface area (Å²) in [6, 6.07) is 6.00. The molecular weight excluding hydrogens is 250 g/mol. The summed E-state index contributed by atoms with van der Waals surface area (Å²) in [7, 11) is 1.63. The number of aryl methyl sites for hydroxylation is 1. The molecule has 0 saturated heterocycles. The molecule has 0 fully saturated rings. The maximum absolute atomic E-state index is 11.7. The van der Waals surface area contributed by atoms with Crippen LogP contribution in [0.25, 0.3) is 0 Å². The summed E-state index contributed by atoms with van der Waals surface area (Å²) in [5, 5.41) is 22.2. The zero-order chi connectivity index (χ0) is 13.8. The lowest BCUT2D eigenvalue weighted by Crippen LogP contribution is -2.17. The van der Waals surface area contributed by atoms with E-state index in [1.807, 2.05) is 0 Å². The van der Waals surface area contributed by atoms with Crippen molar-refractivity contribution in [2.45, 2.75) is 6.42 Å². The summed E-state index contributed by atoms with van der Waals surface area (Å²) in [5.74, 6) is -0.944. The highest BCUT2D eigenvalue weighted by Crippen LogP contribution is 2.11. The second-order valence-corrected chi connectivity index (χ2v) is 3.83. The molecule has 0 bridgehead atoms. The van der Waals surface area contributed by atoms with Crippen LogP contribution in [0.1, 0.15) is 16.2 Å². The number of hydrogen-bond donors (Lipinski definition) is 2. The van der Waals surface area contributed by atoms with Crippen LogP contribution in [-0.4, -0.2) is 37.2 Å². The van der Waals surface area contributed by atoms with E-state index in [0.29, 0.717) is 11.5 Å². The first-order valence-corrected chi connectivity index (χ1v) is 5.40. The molecule has 1 aromatic carbocycles. The normalized spacial score (nSPS) is 10.2. The zero-order valence-electron chi connectivity index (χ0n) is 10.1. The number of carboxylic acid groups (broad SMARTS) is 1. The van der Waals surface area contributed by atoms with Crippen LogP contribution in [0, 0.1) is 0 Å². The number of rotatable bonds is 4. The lowest BCUT2D eigenvalue weighted by molar-refractivity contribution is -0.115. The van der Waals surface area contributed by atoms with Crippen molar-refractivity contribution < 1.29 is 14.7 Å². The SMILES string of the molecule is Cn1nnnc1CC(=O)Nc1cccc(C(=O)O)c1. The number of carboxylic acids is 1. The fourth-order valence-corrected chi connectivity index (χ4v) is 1.48. The van der Waals surface area contributed by atoms with Gasteiger partial charge >= 0.3 is 5.97 Å². The largest absolute Gasteiger partial charge is 0.478 e. The quantitative estimate of drug-likeness (QED) is 0.807. The molecule has 2 rings (SSSR count). The van der Waals surface area contributed by atoms with Gasteiger partial charge in [0.2, 0.25) is 5.91 Å². The van der Waals surface area contributed by atoms with Crippen molar-refractivity contribution in [1.29, 1.82) is 0 Å². The van der Waals surface area contributed by atoms with Gasteiger partial charge < -0.3 is 10.4 Å². The Bertz CT molecular complexity index is 622. The molecule has 0 spiro atoms. The van der Waals surface area contributed by atoms with E-state index in [9.17, 15) is 9.59 Å². The fraction of sp³-hybridized carbons (Fsp3) is 0.182. The van der Waals surface area contributed by atoms with Gasteiger partial charge in [0.05, 0.1) is 12.0 Å². The van der Waals surface area contributed by atoms with Gasteiger partial charge in [0, 0.05) is 12.7 Å². The average molecular weight is 261 g/mol. The van der Waals surface area contributed by atoms with Crippen molar-refractivity contribution in [3.05, 3.63) is 35.7 Å². The topological polar surface area (TPSA) is 110 Å². The second-order valence-electron chi connectivity index (χ2n) is 3.83. The van der Waals surface area contributed by atoms with Crippen LogP contribution < -0.4 is 5.32 Å². The van der Waals surface area contributed by atoms with Crippen molar-refractivity contribution in [2.75, 3.05) is 5.32 Å². The molecular formula is C11H11N5O3. The monoisotopic (exact) mass is 261 g/mol. The predicted octanol–water partition coefficient (Wildman–Crippen LogP) is 0.0895. The minimum atomic E-state index is -1.05. The third-order valence-electron chi connectivity index (χ3n) is 2.42. The number of hydrogen-bond acceptors (Lipinski definition) is 5. The third-order valence-corrected chi connectivity index (χ3v) is 2.42. The molecule has 0 saturated carbocycles. The summed E-state index contributed by atoms with van der Waals surface area (Å²) in [6.45, 7) is 0. The van der Waals surface area contributed by atoms with Gasteiger partial charge in [-0.15, -0.1) is 5.10 Å². The Balaban J connectivity index is 2.05. The van der Waals surface area contributed by atoms with Gasteiger partial charge in [-0.25, -0.2) is 9.48 Å². The Kier molecular flexibility index (Phi) is 3.51. The van der Waals surface area contributed by atoms with E-state index >= 15 is 0 Å². The average Bonchev–Trinajstić information content (AvgIpc) is 2.75. The van der Waals surface area contributed by atoms with Crippen LogP contribution in [-0.2, 0) is 18.3 Å². The molecule has 2 N–H and O–H groups in total. The minimum Gasteiger partial charge on any atom is -0.478 e. The smallest absolute Gasteiger partial charge is 0.335 e. The van der Waals surface area contributed by atoms with Gasteiger partial charge in [-0.2, -0.15) is 0 Å². The molecule has 98 valence electrons. The number of anilines is 1. The Labute approximate surface area is 108 Å². The summed E-state index contributed by atoms with van der Waals surface area (Å²) in [6.07, 6.45) is 0.0147. The molecule has 0 radical (unpaired) electrons. The van der Waals surface area contributed by atoms with Crippen LogP contribution in [0.2, 0.25) is 0 Å². The molecule has 1 aromatic heterocycles. The van der Waals surface area contributed by atoms with Crippen molar-refractivity contribution >= 4 is 17.6 Å².